The Labute approximate surface area is 150 Å². The molecule has 10 heteroatoms. The van der Waals surface area contributed by atoms with E-state index in [1.807, 2.05) is 0 Å². The summed E-state index contributed by atoms with van der Waals surface area (Å²) < 4.78 is 39.0. The maximum absolute atomic E-state index is 13.5. The van der Waals surface area contributed by atoms with Gasteiger partial charge < -0.3 is 19.7 Å². The van der Waals surface area contributed by atoms with Crippen LogP contribution in [0.15, 0.2) is 40.4 Å². The lowest BCUT2D eigenvalue weighted by molar-refractivity contribution is -0.213. The molecule has 2 N–H and O–H groups in total. The van der Waals surface area contributed by atoms with Crippen LogP contribution in [-0.4, -0.2) is 46.6 Å². The molecule has 0 fully saturated rings. The van der Waals surface area contributed by atoms with Crippen LogP contribution in [0.3, 0.4) is 0 Å². The molecule has 1 aliphatic rings. The van der Waals surface area contributed by atoms with E-state index in [4.69, 9.17) is 14.6 Å². The Morgan fingerprint density at radius 1 is 1.50 bits per heavy atom. The van der Waals surface area contributed by atoms with E-state index in [2.05, 4.69) is 14.7 Å². The number of aromatic nitrogens is 1. The summed E-state index contributed by atoms with van der Waals surface area (Å²) in [4.78, 5) is 7.95. The normalized spacial score (nSPS) is 17.3. The van der Waals surface area contributed by atoms with Crippen molar-refractivity contribution >= 4 is 22.6 Å². The molecule has 0 amide bonds. The predicted molar refractivity (Wildman–Crippen MR) is 90.1 cm³/mol. The molecule has 138 valence electrons. The molecule has 0 saturated carbocycles. The van der Waals surface area contributed by atoms with Crippen LogP contribution >= 0.6 is 0 Å². The Hall–Kier alpha value is -2.72. The van der Waals surface area contributed by atoms with Crippen LogP contribution in [0.2, 0.25) is 0 Å². The quantitative estimate of drug-likeness (QED) is 0.767. The molecule has 0 bridgehead atoms. The third-order valence-electron chi connectivity index (χ3n) is 3.54. The van der Waals surface area contributed by atoms with Crippen LogP contribution in [0.4, 0.5) is 10.1 Å². The number of anilines is 1. The van der Waals surface area contributed by atoms with Gasteiger partial charge in [-0.1, -0.05) is 0 Å². The molecule has 2 heterocycles. The Bertz CT molecular complexity index is 877. The van der Waals surface area contributed by atoms with Gasteiger partial charge in [0.15, 0.2) is 11.0 Å². The van der Waals surface area contributed by atoms with Crippen molar-refractivity contribution < 1.29 is 28.3 Å². The van der Waals surface area contributed by atoms with Crippen molar-refractivity contribution in [2.24, 2.45) is 4.99 Å². The second-order valence-electron chi connectivity index (χ2n) is 5.32. The predicted octanol–water partition coefficient (Wildman–Crippen LogP) is 0.224. The van der Waals surface area contributed by atoms with E-state index in [-0.39, 0.29) is 41.0 Å². The number of pyridine rings is 1. The summed E-state index contributed by atoms with van der Waals surface area (Å²) in [5, 5.41) is 21.3. The minimum Gasteiger partial charge on any atom is -0.858 e. The number of halogens is 1. The van der Waals surface area contributed by atoms with Crippen LogP contribution in [0.1, 0.15) is 5.56 Å². The van der Waals surface area contributed by atoms with Crippen LogP contribution in [0.25, 0.3) is 0 Å². The molecule has 8 nitrogen and oxygen atoms in total. The molecular weight excluding hydrogens is 365 g/mol. The third kappa shape index (κ3) is 3.75. The average Bonchev–Trinajstić information content (AvgIpc) is 2.80. The fourth-order valence-corrected chi connectivity index (χ4v) is 3.26. The highest BCUT2D eigenvalue weighted by atomic mass is 32.2. The summed E-state index contributed by atoms with van der Waals surface area (Å²) in [6.07, 6.45) is 1.33. The van der Waals surface area contributed by atoms with Gasteiger partial charge in [-0.3, -0.25) is 9.71 Å². The third-order valence-corrected chi connectivity index (χ3v) is 4.68. The van der Waals surface area contributed by atoms with Crippen molar-refractivity contribution in [1.29, 1.82) is 0 Å². The lowest BCUT2D eigenvalue weighted by Crippen LogP contribution is -2.24. The Morgan fingerprint density at radius 3 is 3.04 bits per heavy atom. The fourth-order valence-electron chi connectivity index (χ4n) is 2.27. The van der Waals surface area contributed by atoms with Crippen LogP contribution in [0.5, 0.6) is 11.6 Å². The highest BCUT2D eigenvalue weighted by molar-refractivity contribution is 7.86. The molecule has 2 atom stereocenters. The molecule has 1 aliphatic heterocycles. The molecular formula is C16H15FN3O5S-. The first-order chi connectivity index (χ1) is 12.5. The standard InChI is InChI=1S/C16H16FN3O5S/c1-24-13-3-2-9(17)4-14(13)26(23)20-10-5-12-15(22)19-11(7-21)8-25-16(12)18-6-10/h2-6,11,20-21H,7-8H2,1H3,(H,19,22)/p-1/t11-,26?/m0/s1. The van der Waals surface area contributed by atoms with Crippen molar-refractivity contribution in [3.05, 3.63) is 41.8 Å². The summed E-state index contributed by atoms with van der Waals surface area (Å²) in [6, 6.07) is 4.37. The number of benzene rings is 1. The SMILES string of the molecule is COc1ccc(F)cc1S(=O)Nc1cnc2c(c1)C([O-])=N[C@@H](CO)CO2. The minimum absolute atomic E-state index is 0.0292. The molecule has 1 aromatic carbocycles. The fraction of sp³-hybridized carbons (Fsp3) is 0.250. The van der Waals surface area contributed by atoms with Crippen LogP contribution in [0, 0.1) is 5.82 Å². The molecule has 0 aliphatic carbocycles. The van der Waals surface area contributed by atoms with Gasteiger partial charge in [0.05, 0.1) is 25.6 Å². The van der Waals surface area contributed by atoms with Gasteiger partial charge >= 0.3 is 0 Å². The van der Waals surface area contributed by atoms with E-state index < -0.39 is 28.7 Å². The van der Waals surface area contributed by atoms with Crippen molar-refractivity contribution in [2.45, 2.75) is 10.9 Å². The monoisotopic (exact) mass is 380 g/mol. The van der Waals surface area contributed by atoms with Gasteiger partial charge in [0, 0.05) is 5.56 Å². The largest absolute Gasteiger partial charge is 0.858 e. The first-order valence-electron chi connectivity index (χ1n) is 7.52. The number of hydrogen-bond donors (Lipinski definition) is 2. The first-order valence-corrected chi connectivity index (χ1v) is 8.67. The van der Waals surface area contributed by atoms with Crippen molar-refractivity contribution in [3.8, 4) is 11.6 Å². The molecule has 1 unspecified atom stereocenters. The molecule has 0 radical (unpaired) electrons. The summed E-state index contributed by atoms with van der Waals surface area (Å²) in [7, 11) is -0.477. The Balaban J connectivity index is 1.88. The molecule has 26 heavy (non-hydrogen) atoms. The number of rotatable bonds is 5. The van der Waals surface area contributed by atoms with Crippen LogP contribution < -0.4 is 19.3 Å². The lowest BCUT2D eigenvalue weighted by Gasteiger charge is -2.14. The van der Waals surface area contributed by atoms with E-state index in [9.17, 15) is 13.7 Å². The number of aliphatic hydroxyl groups excluding tert-OH is 1. The van der Waals surface area contributed by atoms with Gasteiger partial charge in [0.1, 0.15) is 29.1 Å². The number of aliphatic hydroxyl groups is 1. The van der Waals surface area contributed by atoms with E-state index in [0.717, 1.165) is 6.07 Å². The van der Waals surface area contributed by atoms with E-state index in [0.29, 0.717) is 0 Å². The second kappa shape index (κ2) is 7.67. The molecule has 1 aromatic heterocycles. The van der Waals surface area contributed by atoms with Gasteiger partial charge in [-0.15, -0.1) is 0 Å². The van der Waals surface area contributed by atoms with E-state index in [1.165, 1.54) is 31.5 Å². The zero-order chi connectivity index (χ0) is 18.7. The van der Waals surface area contributed by atoms with Gasteiger partial charge in [-0.05, 0) is 30.2 Å². The van der Waals surface area contributed by atoms with Crippen molar-refractivity contribution in [2.75, 3.05) is 25.0 Å². The highest BCUT2D eigenvalue weighted by Crippen LogP contribution is 2.26. The summed E-state index contributed by atoms with van der Waals surface area (Å²) in [6.45, 7) is -0.296. The Morgan fingerprint density at radius 2 is 2.31 bits per heavy atom. The number of hydrogen-bond acceptors (Lipinski definition) is 7. The number of ether oxygens (including phenoxy) is 2. The molecule has 2 aromatic rings. The number of aliphatic imine (C=N–C) groups is 1. The molecule has 3 rings (SSSR count). The lowest BCUT2D eigenvalue weighted by atomic mass is 10.2. The van der Waals surface area contributed by atoms with Crippen molar-refractivity contribution in [3.63, 3.8) is 0 Å². The zero-order valence-corrected chi connectivity index (χ0v) is 14.5. The van der Waals surface area contributed by atoms with Gasteiger partial charge in [0.2, 0.25) is 5.88 Å². The Kier molecular flexibility index (Phi) is 5.33. The van der Waals surface area contributed by atoms with Crippen molar-refractivity contribution in [1.82, 2.24) is 4.98 Å². The highest BCUT2D eigenvalue weighted by Gasteiger charge is 2.18. The minimum atomic E-state index is -1.86. The topological polar surface area (TPSA) is 116 Å². The van der Waals surface area contributed by atoms with Crippen LogP contribution in [-0.2, 0) is 11.0 Å². The van der Waals surface area contributed by atoms with E-state index in [1.54, 1.807) is 0 Å². The maximum atomic E-state index is 13.5. The smallest absolute Gasteiger partial charge is 0.221 e. The second-order valence-corrected chi connectivity index (χ2v) is 6.51. The molecule has 0 saturated heterocycles. The number of fused-ring (bicyclic) bond motifs is 1. The first kappa shape index (κ1) is 18.1. The summed E-state index contributed by atoms with van der Waals surface area (Å²) in [5.41, 5.74) is 0.331. The number of methoxy groups -OCH3 is 1. The summed E-state index contributed by atoms with van der Waals surface area (Å²) >= 11 is 0. The maximum Gasteiger partial charge on any atom is 0.221 e. The van der Waals surface area contributed by atoms with Gasteiger partial charge in [0.25, 0.3) is 0 Å². The van der Waals surface area contributed by atoms with E-state index >= 15 is 0 Å². The van der Waals surface area contributed by atoms with Gasteiger partial charge in [-0.2, -0.15) is 0 Å². The molecule has 0 spiro atoms. The van der Waals surface area contributed by atoms with Gasteiger partial charge in [-0.25, -0.2) is 13.6 Å². The average molecular weight is 380 g/mol. The number of nitrogens with one attached hydrogen (secondary N) is 1. The number of nitrogens with zero attached hydrogens (tertiary/aromatic N) is 2. The zero-order valence-electron chi connectivity index (χ0n) is 13.6. The summed E-state index contributed by atoms with van der Waals surface area (Å²) in [5.74, 6) is -0.829.